The fraction of sp³-hybridized carbons (Fsp3) is 0.867. The Kier molecular flexibility index (Phi) is 12.1. The lowest BCUT2D eigenvalue weighted by Crippen LogP contribution is -2.30. The summed E-state index contributed by atoms with van der Waals surface area (Å²) >= 11 is 0. The zero-order chi connectivity index (χ0) is 17.1. The summed E-state index contributed by atoms with van der Waals surface area (Å²) in [5, 5.41) is 34.2. The third-order valence-corrected chi connectivity index (χ3v) is 3.30. The third-order valence-electron chi connectivity index (χ3n) is 3.30. The second-order valence-corrected chi connectivity index (χ2v) is 6.07. The van der Waals surface area contributed by atoms with Crippen molar-refractivity contribution in [2.75, 3.05) is 0 Å². The van der Waals surface area contributed by atoms with Crippen molar-refractivity contribution in [1.29, 1.82) is 0 Å². The molecule has 6 heteroatoms. The second-order valence-electron chi connectivity index (χ2n) is 6.07. The maximum absolute atomic E-state index is 9.90. The molecule has 0 aliphatic carbocycles. The number of hydrogen-bond acceptors (Lipinski definition) is 4. The highest BCUT2D eigenvalue weighted by atomic mass is 16.5. The first-order chi connectivity index (χ1) is 9.52. The number of unbranched alkanes of at least 4 members (excludes halogenated alkanes) is 1. The molecule has 1 atom stereocenters. The van der Waals surface area contributed by atoms with Gasteiger partial charge in [0.05, 0.1) is 0 Å². The van der Waals surface area contributed by atoms with Crippen molar-refractivity contribution in [2.45, 2.75) is 72.5 Å². The van der Waals surface area contributed by atoms with Crippen LogP contribution in [0, 0.1) is 11.3 Å². The Bertz CT molecular complexity index is 283. The van der Waals surface area contributed by atoms with Crippen molar-refractivity contribution in [3.8, 4) is 0 Å². The number of carbonyl (C=O) groups is 2. The monoisotopic (exact) mass is 306 g/mol. The smallest absolute Gasteiger partial charge is 0.303 e. The highest BCUT2D eigenvalue weighted by Gasteiger charge is 2.27. The molecule has 0 bridgehead atoms. The highest BCUT2D eigenvalue weighted by Crippen LogP contribution is 2.29. The minimum absolute atomic E-state index is 0.0628. The average molecular weight is 306 g/mol. The maximum Gasteiger partial charge on any atom is 0.303 e. The van der Waals surface area contributed by atoms with E-state index >= 15 is 0 Å². The summed E-state index contributed by atoms with van der Waals surface area (Å²) in [4.78, 5) is 19.8. The molecule has 4 N–H and O–H groups in total. The zero-order valence-corrected chi connectivity index (χ0v) is 13.5. The Morgan fingerprint density at radius 1 is 1.00 bits per heavy atom. The van der Waals surface area contributed by atoms with Gasteiger partial charge in [0.2, 0.25) is 0 Å². The van der Waals surface area contributed by atoms with Crippen LogP contribution in [0.25, 0.3) is 0 Å². The summed E-state index contributed by atoms with van der Waals surface area (Å²) in [6, 6.07) is 0. The predicted molar refractivity (Wildman–Crippen MR) is 79.8 cm³/mol. The van der Waals surface area contributed by atoms with Crippen molar-refractivity contribution < 1.29 is 30.0 Å². The van der Waals surface area contributed by atoms with Gasteiger partial charge in [-0.05, 0) is 25.2 Å². The number of aliphatic hydroxyl groups is 2. The van der Waals surface area contributed by atoms with E-state index in [-0.39, 0.29) is 18.3 Å². The fourth-order valence-electron chi connectivity index (χ4n) is 1.70. The number of carboxylic acids is 2. The Labute approximate surface area is 126 Å². The van der Waals surface area contributed by atoms with E-state index in [1.54, 1.807) is 0 Å². The highest BCUT2D eigenvalue weighted by molar-refractivity contribution is 5.67. The summed E-state index contributed by atoms with van der Waals surface area (Å²) in [6.45, 7) is 8.00. The van der Waals surface area contributed by atoms with Crippen LogP contribution in [0.3, 0.4) is 0 Å². The Hall–Kier alpha value is -1.14. The zero-order valence-electron chi connectivity index (χ0n) is 13.5. The Morgan fingerprint density at radius 3 is 1.62 bits per heavy atom. The van der Waals surface area contributed by atoms with E-state index in [0.717, 1.165) is 12.8 Å². The van der Waals surface area contributed by atoms with E-state index in [1.165, 1.54) is 0 Å². The van der Waals surface area contributed by atoms with Crippen molar-refractivity contribution in [3.63, 3.8) is 0 Å². The minimum atomic E-state index is -1.20. The first-order valence-corrected chi connectivity index (χ1v) is 7.32. The molecule has 0 heterocycles. The molecular weight excluding hydrogens is 276 g/mol. The van der Waals surface area contributed by atoms with Gasteiger partial charge in [-0.25, -0.2) is 0 Å². The molecule has 1 unspecified atom stereocenters. The standard InChI is InChI=1S/C9H20O2.C6H10O4/c1-5-7(2)6-9(3,4)8(10)11;7-5(8)3-1-2-4-6(9)10/h7-8,10-11H,5-6H2,1-4H3;1-4H2,(H,7,8)(H,9,10). The molecule has 0 saturated heterocycles. The van der Waals surface area contributed by atoms with Gasteiger partial charge in [0.1, 0.15) is 0 Å². The topological polar surface area (TPSA) is 115 Å². The maximum atomic E-state index is 9.90. The molecule has 6 nitrogen and oxygen atoms in total. The Morgan fingerprint density at radius 2 is 1.38 bits per heavy atom. The lowest BCUT2D eigenvalue weighted by Gasteiger charge is -2.29. The van der Waals surface area contributed by atoms with Crippen LogP contribution >= 0.6 is 0 Å². The third kappa shape index (κ3) is 15.1. The predicted octanol–water partition coefficient (Wildman–Crippen LogP) is 2.48. The van der Waals surface area contributed by atoms with Crippen LogP contribution < -0.4 is 0 Å². The lowest BCUT2D eigenvalue weighted by atomic mass is 9.82. The van der Waals surface area contributed by atoms with Crippen LogP contribution in [-0.2, 0) is 9.59 Å². The van der Waals surface area contributed by atoms with E-state index in [2.05, 4.69) is 13.8 Å². The second kappa shape index (κ2) is 11.5. The van der Waals surface area contributed by atoms with Gasteiger partial charge >= 0.3 is 11.9 Å². The number of carboxylic acid groups (broad SMARTS) is 2. The van der Waals surface area contributed by atoms with Crippen LogP contribution in [0.2, 0.25) is 0 Å². The van der Waals surface area contributed by atoms with Gasteiger partial charge in [0.25, 0.3) is 0 Å². The summed E-state index contributed by atoms with van der Waals surface area (Å²) in [6.07, 6.45) is 1.78. The van der Waals surface area contributed by atoms with Crippen LogP contribution in [0.4, 0.5) is 0 Å². The number of rotatable bonds is 9. The molecule has 0 aromatic carbocycles. The molecule has 0 aromatic heterocycles. The van der Waals surface area contributed by atoms with Crippen molar-refractivity contribution in [2.24, 2.45) is 11.3 Å². The lowest BCUT2D eigenvalue weighted by molar-refractivity contribution is -0.139. The van der Waals surface area contributed by atoms with Crippen molar-refractivity contribution in [1.82, 2.24) is 0 Å². The number of aliphatic carboxylic acids is 2. The van der Waals surface area contributed by atoms with Gasteiger partial charge in [0, 0.05) is 18.3 Å². The van der Waals surface area contributed by atoms with Crippen molar-refractivity contribution in [3.05, 3.63) is 0 Å². The van der Waals surface area contributed by atoms with Crippen LogP contribution in [0.5, 0.6) is 0 Å². The normalized spacial score (nSPS) is 12.5. The van der Waals surface area contributed by atoms with Crippen LogP contribution in [0.15, 0.2) is 0 Å². The molecule has 0 aliphatic rings. The Balaban J connectivity index is 0. The molecule has 0 radical (unpaired) electrons. The van der Waals surface area contributed by atoms with Gasteiger partial charge in [-0.15, -0.1) is 0 Å². The molecule has 0 aromatic rings. The molecular formula is C15H30O6. The molecule has 0 aliphatic heterocycles. The number of hydrogen-bond donors (Lipinski definition) is 4. The van der Waals surface area contributed by atoms with E-state index in [1.807, 2.05) is 13.8 Å². The minimum Gasteiger partial charge on any atom is -0.481 e. The van der Waals surface area contributed by atoms with Crippen molar-refractivity contribution >= 4 is 11.9 Å². The quantitative estimate of drug-likeness (QED) is 0.384. The summed E-state index contributed by atoms with van der Waals surface area (Å²) < 4.78 is 0. The summed E-state index contributed by atoms with van der Waals surface area (Å²) in [5.41, 5.74) is -0.366. The average Bonchev–Trinajstić information content (AvgIpc) is 2.34. The van der Waals surface area contributed by atoms with E-state index in [9.17, 15) is 9.59 Å². The largest absolute Gasteiger partial charge is 0.481 e. The molecule has 21 heavy (non-hydrogen) atoms. The van der Waals surface area contributed by atoms with Gasteiger partial charge in [-0.2, -0.15) is 0 Å². The molecule has 0 rings (SSSR count). The molecule has 0 amide bonds. The summed E-state index contributed by atoms with van der Waals surface area (Å²) in [7, 11) is 0. The first kappa shape index (κ1) is 22.1. The van der Waals surface area contributed by atoms with Gasteiger partial charge in [-0.3, -0.25) is 9.59 Å². The summed E-state index contributed by atoms with van der Waals surface area (Å²) in [5.74, 6) is -1.18. The van der Waals surface area contributed by atoms with E-state index in [4.69, 9.17) is 20.4 Å². The van der Waals surface area contributed by atoms with Crippen LogP contribution in [0.1, 0.15) is 66.2 Å². The van der Waals surface area contributed by atoms with E-state index in [0.29, 0.717) is 18.8 Å². The van der Waals surface area contributed by atoms with Crippen LogP contribution in [-0.4, -0.2) is 38.7 Å². The van der Waals surface area contributed by atoms with Gasteiger partial charge in [0.15, 0.2) is 6.29 Å². The number of aliphatic hydroxyl groups excluding tert-OH is 1. The molecule has 0 saturated carbocycles. The molecule has 126 valence electrons. The SMILES string of the molecule is CCC(C)CC(C)(C)C(O)O.O=C(O)CCCCC(=O)O. The fourth-order valence-corrected chi connectivity index (χ4v) is 1.70. The van der Waals surface area contributed by atoms with E-state index < -0.39 is 18.2 Å². The van der Waals surface area contributed by atoms with Gasteiger partial charge in [-0.1, -0.05) is 34.1 Å². The molecule has 0 spiro atoms. The van der Waals surface area contributed by atoms with Gasteiger partial charge < -0.3 is 20.4 Å². The molecule has 0 fully saturated rings. The first-order valence-electron chi connectivity index (χ1n) is 7.32.